The van der Waals surface area contributed by atoms with Crippen LogP contribution in [0.2, 0.25) is 5.02 Å². The van der Waals surface area contributed by atoms with Gasteiger partial charge in [-0.1, -0.05) is 60.1 Å². The summed E-state index contributed by atoms with van der Waals surface area (Å²) in [5.41, 5.74) is 3.60. The molecule has 37 heavy (non-hydrogen) atoms. The van der Waals surface area contributed by atoms with Gasteiger partial charge < -0.3 is 4.74 Å². The molecule has 0 fully saturated rings. The van der Waals surface area contributed by atoms with E-state index in [1.54, 1.807) is 48.7 Å². The Balaban J connectivity index is 1.20. The summed E-state index contributed by atoms with van der Waals surface area (Å²) in [4.78, 5) is 25.4. The summed E-state index contributed by atoms with van der Waals surface area (Å²) in [6.07, 6.45) is 3.00. The van der Waals surface area contributed by atoms with E-state index >= 15 is 0 Å². The number of amides is 1. The summed E-state index contributed by atoms with van der Waals surface area (Å²) in [5.74, 6) is -1.11. The van der Waals surface area contributed by atoms with Crippen molar-refractivity contribution >= 4 is 51.1 Å². The van der Waals surface area contributed by atoms with Gasteiger partial charge in [-0.15, -0.1) is 11.3 Å². The number of hydrazone groups is 1. The average molecular weight is 533 g/mol. The summed E-state index contributed by atoms with van der Waals surface area (Å²) in [5, 5.41) is 9.28. The Morgan fingerprint density at radius 2 is 1.89 bits per heavy atom. The topological polar surface area (TPSA) is 85.6 Å². The van der Waals surface area contributed by atoms with Gasteiger partial charge in [0.2, 0.25) is 0 Å². The van der Waals surface area contributed by atoms with Crippen molar-refractivity contribution in [1.82, 2.24) is 15.2 Å². The monoisotopic (exact) mass is 532 g/mol. The molecule has 0 radical (unpaired) electrons. The molecule has 2 aromatic heterocycles. The Morgan fingerprint density at radius 1 is 1.08 bits per heavy atom. The number of nitrogens with one attached hydrogen (secondary N) is 1. The number of nitrogens with zero attached hydrogens (tertiary/aromatic N) is 3. The van der Waals surface area contributed by atoms with Crippen molar-refractivity contribution in [3.05, 3.63) is 118 Å². The van der Waals surface area contributed by atoms with Crippen molar-refractivity contribution in [1.29, 1.82) is 0 Å². The van der Waals surface area contributed by atoms with E-state index in [1.165, 1.54) is 34.4 Å². The summed E-state index contributed by atoms with van der Waals surface area (Å²) in [6, 6.07) is 22.0. The predicted octanol–water partition coefficient (Wildman–Crippen LogP) is 5.92. The summed E-state index contributed by atoms with van der Waals surface area (Å²) >= 11 is 7.64. The van der Waals surface area contributed by atoms with Crippen LogP contribution in [-0.2, 0) is 6.54 Å². The molecule has 2 heterocycles. The third-order valence-corrected chi connectivity index (χ3v) is 6.99. The van der Waals surface area contributed by atoms with Gasteiger partial charge in [0.1, 0.15) is 16.4 Å². The predicted molar refractivity (Wildman–Crippen MR) is 141 cm³/mol. The summed E-state index contributed by atoms with van der Waals surface area (Å²) in [7, 11) is 0. The number of aromatic nitrogens is 2. The third-order valence-electron chi connectivity index (χ3n) is 5.33. The third kappa shape index (κ3) is 5.58. The van der Waals surface area contributed by atoms with Gasteiger partial charge in [0, 0.05) is 21.8 Å². The van der Waals surface area contributed by atoms with Crippen LogP contribution in [0.4, 0.5) is 4.39 Å². The van der Waals surface area contributed by atoms with Gasteiger partial charge in [0.05, 0.1) is 17.8 Å². The molecule has 0 atom stereocenters. The quantitative estimate of drug-likeness (QED) is 0.122. The number of benzene rings is 3. The number of ether oxygens (including phenoxy) is 1. The molecule has 10 heteroatoms. The molecule has 5 aromatic rings. The van der Waals surface area contributed by atoms with Crippen LogP contribution >= 0.6 is 22.9 Å². The first-order valence-electron chi connectivity index (χ1n) is 11.1. The van der Waals surface area contributed by atoms with E-state index in [-0.39, 0.29) is 18.1 Å². The van der Waals surface area contributed by atoms with E-state index in [9.17, 15) is 14.0 Å². The maximum Gasteiger partial charge on any atom is 0.355 e. The molecule has 0 aliphatic heterocycles. The van der Waals surface area contributed by atoms with Crippen molar-refractivity contribution in [2.45, 2.75) is 6.54 Å². The fraction of sp³-hybridized carbons (Fsp3) is 0.0370. The number of rotatable bonds is 7. The molecule has 0 unspecified atom stereocenters. The van der Waals surface area contributed by atoms with Gasteiger partial charge in [-0.05, 0) is 35.9 Å². The van der Waals surface area contributed by atoms with Gasteiger partial charge in [-0.2, -0.15) is 10.2 Å². The van der Waals surface area contributed by atoms with Crippen molar-refractivity contribution in [3.8, 4) is 5.75 Å². The lowest BCUT2D eigenvalue weighted by Crippen LogP contribution is -2.18. The number of esters is 1. The Bertz CT molecular complexity index is 1650. The standard InChI is InChI=1S/C27H18ClFN4O3S/c28-24-20-9-2-4-11-23(20)37-25(24)27(35)36-19-8-5-6-17(14-19)15-30-31-26(34)22-12-13-33(32-22)16-18-7-1-3-10-21(18)29/h1-15H,16H2,(H,31,34)/b30-15-. The highest BCUT2D eigenvalue weighted by Crippen LogP contribution is 2.35. The fourth-order valence-corrected chi connectivity index (χ4v) is 4.94. The zero-order chi connectivity index (χ0) is 25.8. The number of carbonyl (C=O) groups is 2. The van der Waals surface area contributed by atoms with E-state index in [0.29, 0.717) is 26.8 Å². The SMILES string of the molecule is O=C(N/N=C\c1cccc(OC(=O)c2sc3ccccc3c2Cl)c1)c1ccn(Cc2ccccc2F)n1. The van der Waals surface area contributed by atoms with Crippen LogP contribution in [0.1, 0.15) is 31.3 Å². The van der Waals surface area contributed by atoms with E-state index in [0.717, 1.165) is 10.1 Å². The Hall–Kier alpha value is -4.34. The number of carbonyl (C=O) groups excluding carboxylic acids is 2. The summed E-state index contributed by atoms with van der Waals surface area (Å²) in [6.45, 7) is 0.196. The van der Waals surface area contributed by atoms with Gasteiger partial charge in [0.15, 0.2) is 5.69 Å². The highest BCUT2D eigenvalue weighted by molar-refractivity contribution is 7.21. The molecule has 1 amide bonds. The minimum absolute atomic E-state index is 0.136. The second-order valence-electron chi connectivity index (χ2n) is 7.89. The Kier molecular flexibility index (Phi) is 7.07. The molecule has 0 spiro atoms. The van der Waals surface area contributed by atoms with Crippen molar-refractivity contribution in [2.75, 3.05) is 0 Å². The first kappa shape index (κ1) is 24.4. The van der Waals surface area contributed by atoms with E-state index in [1.807, 2.05) is 24.3 Å². The van der Waals surface area contributed by atoms with Gasteiger partial charge in [0.25, 0.3) is 5.91 Å². The van der Waals surface area contributed by atoms with Crippen LogP contribution in [0, 0.1) is 5.82 Å². The van der Waals surface area contributed by atoms with Crippen molar-refractivity contribution < 1.29 is 18.7 Å². The molecule has 1 N–H and O–H groups in total. The van der Waals surface area contributed by atoms with Gasteiger partial charge in [-0.3, -0.25) is 9.48 Å². The number of fused-ring (bicyclic) bond motifs is 1. The molecule has 0 aliphatic carbocycles. The molecule has 184 valence electrons. The smallest absolute Gasteiger partial charge is 0.355 e. The molecule has 5 rings (SSSR count). The van der Waals surface area contributed by atoms with Crippen LogP contribution in [-0.4, -0.2) is 27.9 Å². The van der Waals surface area contributed by atoms with Gasteiger partial charge in [-0.25, -0.2) is 14.6 Å². The van der Waals surface area contributed by atoms with Gasteiger partial charge >= 0.3 is 5.97 Å². The van der Waals surface area contributed by atoms with E-state index in [2.05, 4.69) is 15.6 Å². The van der Waals surface area contributed by atoms with Crippen LogP contribution in [0.5, 0.6) is 5.75 Å². The van der Waals surface area contributed by atoms with Crippen LogP contribution in [0.3, 0.4) is 0 Å². The fourth-order valence-electron chi connectivity index (χ4n) is 3.55. The minimum atomic E-state index is -0.556. The van der Waals surface area contributed by atoms with Crippen LogP contribution in [0.25, 0.3) is 10.1 Å². The highest BCUT2D eigenvalue weighted by atomic mass is 35.5. The second-order valence-corrected chi connectivity index (χ2v) is 9.32. The molecular weight excluding hydrogens is 515 g/mol. The van der Waals surface area contributed by atoms with E-state index in [4.69, 9.17) is 16.3 Å². The molecule has 3 aromatic carbocycles. The second kappa shape index (κ2) is 10.7. The first-order valence-corrected chi connectivity index (χ1v) is 12.3. The lowest BCUT2D eigenvalue weighted by Gasteiger charge is -2.04. The normalized spacial score (nSPS) is 11.2. The minimum Gasteiger partial charge on any atom is -0.422 e. The van der Waals surface area contributed by atoms with Crippen molar-refractivity contribution in [2.24, 2.45) is 5.10 Å². The number of thiophene rings is 1. The van der Waals surface area contributed by atoms with E-state index < -0.39 is 11.9 Å². The lowest BCUT2D eigenvalue weighted by atomic mass is 10.2. The zero-order valence-electron chi connectivity index (χ0n) is 19.1. The largest absolute Gasteiger partial charge is 0.422 e. The average Bonchev–Trinajstić information content (AvgIpc) is 3.50. The molecule has 0 saturated heterocycles. The van der Waals surface area contributed by atoms with Crippen LogP contribution < -0.4 is 10.2 Å². The zero-order valence-corrected chi connectivity index (χ0v) is 20.7. The summed E-state index contributed by atoms with van der Waals surface area (Å²) < 4.78 is 21.7. The first-order chi connectivity index (χ1) is 18.0. The van der Waals surface area contributed by atoms with Crippen LogP contribution in [0.15, 0.2) is 90.2 Å². The number of halogens is 2. The maximum atomic E-state index is 13.8. The molecule has 0 saturated carbocycles. The highest BCUT2D eigenvalue weighted by Gasteiger charge is 2.19. The molecule has 0 bridgehead atoms. The Labute approximate surface area is 219 Å². The molecule has 7 nitrogen and oxygen atoms in total. The van der Waals surface area contributed by atoms with Crippen molar-refractivity contribution in [3.63, 3.8) is 0 Å². The lowest BCUT2D eigenvalue weighted by molar-refractivity contribution is 0.0739. The number of hydrogen-bond acceptors (Lipinski definition) is 6. The number of hydrogen-bond donors (Lipinski definition) is 1. The Morgan fingerprint density at radius 3 is 2.73 bits per heavy atom. The molecular formula is C27H18ClFN4O3S. The maximum absolute atomic E-state index is 13.8. The molecule has 0 aliphatic rings.